The normalized spacial score (nSPS) is 25.0. The van der Waals surface area contributed by atoms with Crippen molar-refractivity contribution < 1.29 is 14.6 Å². The molecular weight excluding hydrogens is 268 g/mol. The largest absolute Gasteiger partial charge is 0.478 e. The summed E-state index contributed by atoms with van der Waals surface area (Å²) in [6.45, 7) is 5.46. The second-order valence-corrected chi connectivity index (χ2v) is 5.98. The summed E-state index contributed by atoms with van der Waals surface area (Å²) in [5.74, 6) is -0.258. The number of ether oxygens (including phenoxy) is 1. The molecule has 0 saturated carbocycles. The molecule has 1 aliphatic heterocycles. The molecule has 2 atom stereocenters. The second-order valence-electron chi connectivity index (χ2n) is 5.98. The molecule has 0 bridgehead atoms. The SMILES string of the molecule is CCC1COC(C)CN1c1nc2c(cc1C(=O)O)CCC2. The molecule has 2 aliphatic rings. The van der Waals surface area contributed by atoms with Crippen LogP contribution in [0.2, 0.25) is 0 Å². The van der Waals surface area contributed by atoms with E-state index in [1.165, 1.54) is 0 Å². The maximum atomic E-state index is 11.6. The summed E-state index contributed by atoms with van der Waals surface area (Å²) < 4.78 is 5.71. The molecule has 1 aromatic rings. The van der Waals surface area contributed by atoms with Crippen LogP contribution in [0, 0.1) is 0 Å². The van der Waals surface area contributed by atoms with Crippen molar-refractivity contribution >= 4 is 11.8 Å². The average Bonchev–Trinajstić information content (AvgIpc) is 2.93. The molecule has 0 amide bonds. The number of rotatable bonds is 3. The van der Waals surface area contributed by atoms with Gasteiger partial charge in [-0.2, -0.15) is 0 Å². The maximum Gasteiger partial charge on any atom is 0.339 e. The highest BCUT2D eigenvalue weighted by Gasteiger charge is 2.31. The van der Waals surface area contributed by atoms with Crippen molar-refractivity contribution in [2.24, 2.45) is 0 Å². The van der Waals surface area contributed by atoms with Gasteiger partial charge < -0.3 is 14.7 Å². The van der Waals surface area contributed by atoms with Gasteiger partial charge in [-0.15, -0.1) is 0 Å². The molecule has 21 heavy (non-hydrogen) atoms. The quantitative estimate of drug-likeness (QED) is 0.925. The first-order valence-electron chi connectivity index (χ1n) is 7.74. The lowest BCUT2D eigenvalue weighted by Crippen LogP contribution is -2.49. The van der Waals surface area contributed by atoms with Crippen molar-refractivity contribution in [1.29, 1.82) is 0 Å². The number of anilines is 1. The highest BCUT2D eigenvalue weighted by molar-refractivity contribution is 5.93. The molecule has 1 N–H and O–H groups in total. The number of aromatic nitrogens is 1. The summed E-state index contributed by atoms with van der Waals surface area (Å²) in [6.07, 6.45) is 3.99. The van der Waals surface area contributed by atoms with Gasteiger partial charge in [-0.25, -0.2) is 9.78 Å². The number of carboxylic acids is 1. The number of carbonyl (C=O) groups is 1. The van der Waals surface area contributed by atoms with E-state index in [1.807, 2.05) is 13.0 Å². The van der Waals surface area contributed by atoms with Crippen LogP contribution in [0.4, 0.5) is 5.82 Å². The van der Waals surface area contributed by atoms with Crippen molar-refractivity contribution in [1.82, 2.24) is 4.98 Å². The van der Waals surface area contributed by atoms with E-state index in [1.54, 1.807) is 0 Å². The molecule has 1 saturated heterocycles. The molecule has 0 spiro atoms. The summed E-state index contributed by atoms with van der Waals surface area (Å²) >= 11 is 0. The Kier molecular flexibility index (Phi) is 3.85. The van der Waals surface area contributed by atoms with Crippen molar-refractivity contribution in [2.75, 3.05) is 18.1 Å². The van der Waals surface area contributed by atoms with Crippen LogP contribution in [0.25, 0.3) is 0 Å². The van der Waals surface area contributed by atoms with Gasteiger partial charge in [0.05, 0.1) is 18.8 Å². The molecule has 5 nitrogen and oxygen atoms in total. The number of morpholine rings is 1. The van der Waals surface area contributed by atoms with Crippen molar-refractivity contribution in [2.45, 2.75) is 51.7 Å². The van der Waals surface area contributed by atoms with Crippen LogP contribution in [-0.4, -0.2) is 41.4 Å². The lowest BCUT2D eigenvalue weighted by atomic mass is 10.1. The zero-order valence-corrected chi connectivity index (χ0v) is 12.6. The van der Waals surface area contributed by atoms with Crippen LogP contribution in [0.5, 0.6) is 0 Å². The molecule has 1 aliphatic carbocycles. The summed E-state index contributed by atoms with van der Waals surface area (Å²) in [6, 6.07) is 2.03. The minimum atomic E-state index is -0.888. The van der Waals surface area contributed by atoms with E-state index in [0.717, 1.165) is 36.9 Å². The van der Waals surface area contributed by atoms with Gasteiger partial charge in [0.15, 0.2) is 0 Å². The fourth-order valence-corrected chi connectivity index (χ4v) is 3.28. The first kappa shape index (κ1) is 14.3. The first-order chi connectivity index (χ1) is 10.1. The number of fused-ring (bicyclic) bond motifs is 1. The Morgan fingerprint density at radius 1 is 1.52 bits per heavy atom. The Morgan fingerprint density at radius 2 is 2.33 bits per heavy atom. The van der Waals surface area contributed by atoms with Crippen LogP contribution in [-0.2, 0) is 17.6 Å². The number of carboxylic acid groups (broad SMARTS) is 1. The number of hydrogen-bond acceptors (Lipinski definition) is 4. The fraction of sp³-hybridized carbons (Fsp3) is 0.625. The highest BCUT2D eigenvalue weighted by atomic mass is 16.5. The summed E-state index contributed by atoms with van der Waals surface area (Å²) in [7, 11) is 0. The number of nitrogens with zero attached hydrogens (tertiary/aromatic N) is 2. The van der Waals surface area contributed by atoms with E-state index >= 15 is 0 Å². The minimum Gasteiger partial charge on any atom is -0.478 e. The van der Waals surface area contributed by atoms with Crippen LogP contribution in [0.15, 0.2) is 6.07 Å². The molecule has 2 unspecified atom stereocenters. The summed E-state index contributed by atoms with van der Waals surface area (Å²) in [4.78, 5) is 18.5. The van der Waals surface area contributed by atoms with Gasteiger partial charge in [-0.05, 0) is 44.2 Å². The van der Waals surface area contributed by atoms with Crippen LogP contribution < -0.4 is 4.90 Å². The predicted molar refractivity (Wildman–Crippen MR) is 80.1 cm³/mol. The lowest BCUT2D eigenvalue weighted by Gasteiger charge is -2.39. The number of hydrogen-bond donors (Lipinski definition) is 1. The lowest BCUT2D eigenvalue weighted by molar-refractivity contribution is 0.0293. The van der Waals surface area contributed by atoms with E-state index in [2.05, 4.69) is 11.8 Å². The van der Waals surface area contributed by atoms with Gasteiger partial charge in [0.2, 0.25) is 0 Å². The number of aromatic carboxylic acids is 1. The molecule has 0 aromatic carbocycles. The zero-order chi connectivity index (χ0) is 15.0. The molecule has 114 valence electrons. The van der Waals surface area contributed by atoms with Gasteiger partial charge in [-0.1, -0.05) is 6.92 Å². The molecule has 3 rings (SSSR count). The van der Waals surface area contributed by atoms with E-state index in [9.17, 15) is 9.90 Å². The van der Waals surface area contributed by atoms with Crippen LogP contribution in [0.1, 0.15) is 48.3 Å². The van der Waals surface area contributed by atoms with Crippen molar-refractivity contribution in [3.63, 3.8) is 0 Å². The molecule has 1 aromatic heterocycles. The number of aryl methyl sites for hydroxylation is 2. The first-order valence-corrected chi connectivity index (χ1v) is 7.74. The Balaban J connectivity index is 2.04. The van der Waals surface area contributed by atoms with E-state index in [0.29, 0.717) is 24.5 Å². The van der Waals surface area contributed by atoms with Crippen LogP contribution in [0.3, 0.4) is 0 Å². The molecule has 1 fully saturated rings. The van der Waals surface area contributed by atoms with Crippen molar-refractivity contribution in [3.8, 4) is 0 Å². The third-order valence-corrected chi connectivity index (χ3v) is 4.47. The van der Waals surface area contributed by atoms with Crippen molar-refractivity contribution in [3.05, 3.63) is 22.9 Å². The van der Waals surface area contributed by atoms with Gasteiger partial charge in [-0.3, -0.25) is 0 Å². The Labute approximate surface area is 124 Å². The minimum absolute atomic E-state index is 0.101. The van der Waals surface area contributed by atoms with Gasteiger partial charge in [0.25, 0.3) is 0 Å². The summed E-state index contributed by atoms with van der Waals surface area (Å²) in [5.41, 5.74) is 2.51. The zero-order valence-electron chi connectivity index (χ0n) is 12.6. The second kappa shape index (κ2) is 5.64. The Bertz CT molecular complexity index is 559. The third kappa shape index (κ3) is 2.62. The van der Waals surface area contributed by atoms with Gasteiger partial charge in [0.1, 0.15) is 11.4 Å². The summed E-state index contributed by atoms with van der Waals surface area (Å²) in [5, 5.41) is 9.55. The fourth-order valence-electron chi connectivity index (χ4n) is 3.28. The highest BCUT2D eigenvalue weighted by Crippen LogP contribution is 2.30. The molecule has 0 radical (unpaired) electrons. The number of pyridine rings is 1. The average molecular weight is 290 g/mol. The molecular formula is C16H22N2O3. The van der Waals surface area contributed by atoms with E-state index < -0.39 is 5.97 Å². The van der Waals surface area contributed by atoms with Gasteiger partial charge in [0, 0.05) is 12.2 Å². The Hall–Kier alpha value is -1.62. The van der Waals surface area contributed by atoms with E-state index in [4.69, 9.17) is 9.72 Å². The predicted octanol–water partition coefficient (Wildman–Crippen LogP) is 2.27. The monoisotopic (exact) mass is 290 g/mol. The standard InChI is InChI=1S/C16H22N2O3/c1-3-12-9-21-10(2)8-18(12)15-13(16(19)20)7-11-5-4-6-14(11)17-15/h7,10,12H,3-6,8-9H2,1-2H3,(H,19,20). The topological polar surface area (TPSA) is 62.7 Å². The van der Waals surface area contributed by atoms with E-state index in [-0.39, 0.29) is 12.1 Å². The van der Waals surface area contributed by atoms with Gasteiger partial charge >= 0.3 is 5.97 Å². The van der Waals surface area contributed by atoms with Crippen LogP contribution >= 0.6 is 0 Å². The Morgan fingerprint density at radius 3 is 3.05 bits per heavy atom. The third-order valence-electron chi connectivity index (χ3n) is 4.47. The molecule has 2 heterocycles. The molecule has 5 heteroatoms. The smallest absolute Gasteiger partial charge is 0.339 e. The maximum absolute atomic E-state index is 11.6.